The molecule has 0 saturated carbocycles. The summed E-state index contributed by atoms with van der Waals surface area (Å²) in [6, 6.07) is 58.5. The molecule has 9 rings (SSSR count). The molecule has 2 heterocycles. The van der Waals surface area contributed by atoms with Gasteiger partial charge in [-0.3, -0.25) is 56.4 Å². The lowest BCUT2D eigenvalue weighted by atomic mass is 10.1. The molecule has 2 aliphatic heterocycles. The van der Waals surface area contributed by atoms with Crippen LogP contribution in [0.15, 0.2) is 204 Å². The predicted octanol–water partition coefficient (Wildman–Crippen LogP) is 15.8. The Labute approximate surface area is 706 Å². The summed E-state index contributed by atoms with van der Waals surface area (Å²) >= 11 is 24.7. The van der Waals surface area contributed by atoms with E-state index in [1.807, 2.05) is 80.1 Å². The standard InChI is InChI=1S/C31H37N5S2.C14H22N4S2.C12H18N4S2.C10H13BrN4S2.C10H13ClN4S2/c1-3-9-26(10-4-1)15-18-35-20-17-30(32-23-35)37-21-28-13-7-8-14-29(28)22-38-31-33-24-36(25-34-31)19-16-27-11-5-2-6-12-27;1-15-13(16-2)19-9-11-7-5-6-8-12(11)10-20-14(17-3)18-4;1-15-11(13)17-7-9-5-3-4-6-10(9)8-18-12(14)16-2;2*11-8-2-1-6(4-16-9(12)13)7(3-8)5-17-10(14)15/h1-14H,15-25H2,(H,33,34);5-8H,9-10H2,1-4H3,(H,15,16)(H,17,18);3-6H,7-8H2,1-2H3,(H2,13,15)(H2,14,16);2*1-3H,4-5H2,(H3,12,13)(H3,14,15). The minimum atomic E-state index is 0.0788. The maximum Gasteiger partial charge on any atom is 0.159 e. The van der Waals surface area contributed by atoms with Crippen LogP contribution in [0.2, 0.25) is 5.02 Å². The molecule has 7 aromatic rings. The lowest BCUT2D eigenvalue weighted by molar-refractivity contribution is 0.270. The van der Waals surface area contributed by atoms with Crippen LogP contribution in [-0.2, 0) is 70.4 Å². The molecule has 0 aromatic heterocycles. The number of halogens is 2. The van der Waals surface area contributed by atoms with E-state index in [4.69, 9.17) is 77.6 Å². The van der Waals surface area contributed by atoms with Gasteiger partial charge in [-0.15, -0.1) is 11.8 Å². The first-order valence-electron chi connectivity index (χ1n) is 34.7. The normalized spacial score (nSPS) is 13.2. The third-order valence-electron chi connectivity index (χ3n) is 15.8. The predicted molar refractivity (Wildman–Crippen MR) is 501 cm³/mol. The summed E-state index contributed by atoms with van der Waals surface area (Å²) in [7, 11) is 10.8. The fourth-order valence-electron chi connectivity index (χ4n) is 9.85. The van der Waals surface area contributed by atoms with Crippen LogP contribution in [0.5, 0.6) is 0 Å². The molecule has 0 spiro atoms. The molecule has 110 heavy (non-hydrogen) atoms. The second-order valence-electron chi connectivity index (χ2n) is 23.5. The highest BCUT2D eigenvalue weighted by Gasteiger charge is 2.18. The monoisotopic (exact) mass is 1760 g/mol. The lowest BCUT2D eigenvalue weighted by Crippen LogP contribution is -2.42. The van der Waals surface area contributed by atoms with Crippen molar-refractivity contribution in [2.24, 2.45) is 64.4 Å². The molecular formula is C77H103BrClN21S10. The number of rotatable bonds is 26. The smallest absolute Gasteiger partial charge is 0.159 e. The van der Waals surface area contributed by atoms with Crippen LogP contribution in [0.3, 0.4) is 0 Å². The number of hydrogen-bond donors (Lipinski definition) is 13. The molecule has 0 fully saturated rings. The van der Waals surface area contributed by atoms with Gasteiger partial charge in [-0.05, 0) is 104 Å². The Morgan fingerprint density at radius 2 is 0.800 bits per heavy atom. The topological polar surface area (TPSA) is 368 Å². The van der Waals surface area contributed by atoms with E-state index in [-0.39, 0.29) is 20.7 Å². The molecule has 33 heteroatoms. The average Bonchev–Trinajstić information content (AvgIpc) is 0.877. The van der Waals surface area contributed by atoms with E-state index in [0.717, 1.165) is 136 Å². The second-order valence-corrected chi connectivity index (χ2v) is 34.9. The Morgan fingerprint density at radius 1 is 0.436 bits per heavy atom. The minimum absolute atomic E-state index is 0.0788. The van der Waals surface area contributed by atoms with E-state index in [9.17, 15) is 0 Å². The zero-order valence-corrected chi connectivity index (χ0v) is 73.5. The van der Waals surface area contributed by atoms with Gasteiger partial charge in [0.1, 0.15) is 0 Å². The van der Waals surface area contributed by atoms with Gasteiger partial charge in [-0.1, -0.05) is 279 Å². The highest BCUT2D eigenvalue weighted by molar-refractivity contribution is 9.10. The van der Waals surface area contributed by atoms with Crippen LogP contribution in [0.25, 0.3) is 0 Å². The molecule has 0 atom stereocenters. The summed E-state index contributed by atoms with van der Waals surface area (Å²) in [6.45, 7) is 5.65. The Bertz CT molecular complexity index is 3900. The first-order chi connectivity index (χ1) is 53.2. The summed E-state index contributed by atoms with van der Waals surface area (Å²) in [6.07, 6.45) is 3.20. The number of benzene rings is 7. The van der Waals surface area contributed by atoms with Crippen molar-refractivity contribution in [3.05, 3.63) is 246 Å². The largest absolute Gasteiger partial charge is 0.379 e. The van der Waals surface area contributed by atoms with Crippen LogP contribution in [0.1, 0.15) is 73.2 Å². The molecule has 0 bridgehead atoms. The highest BCUT2D eigenvalue weighted by atomic mass is 79.9. The van der Waals surface area contributed by atoms with Gasteiger partial charge in [0.05, 0.1) is 25.0 Å². The van der Waals surface area contributed by atoms with Crippen molar-refractivity contribution >= 4 is 197 Å². The molecule has 0 saturated heterocycles. The highest BCUT2D eigenvalue weighted by Crippen LogP contribution is 2.29. The van der Waals surface area contributed by atoms with Gasteiger partial charge in [-0.2, -0.15) is 0 Å². The number of amidine groups is 9. The molecular weight excluding hydrogens is 1660 g/mol. The molecule has 2 aliphatic rings. The summed E-state index contributed by atoms with van der Waals surface area (Å²) < 4.78 is 0.994. The van der Waals surface area contributed by atoms with Gasteiger partial charge < -0.3 is 50.4 Å². The summed E-state index contributed by atoms with van der Waals surface area (Å²) in [4.78, 5) is 30.7. The number of hydrogen-bond acceptors (Lipinski definition) is 23. The molecule has 19 N–H and O–H groups in total. The van der Waals surface area contributed by atoms with E-state index in [1.54, 1.807) is 81.3 Å². The van der Waals surface area contributed by atoms with Gasteiger partial charge >= 0.3 is 0 Å². The third kappa shape index (κ3) is 39.9. The number of aliphatic imine (C=N–C) groups is 6. The quantitative estimate of drug-likeness (QED) is 0.0177. The average molecular weight is 1760 g/mol. The number of nitrogens with zero attached hydrogens (tertiary/aromatic N) is 8. The van der Waals surface area contributed by atoms with E-state index >= 15 is 0 Å². The van der Waals surface area contributed by atoms with Crippen molar-refractivity contribution in [1.29, 1.82) is 21.6 Å². The van der Waals surface area contributed by atoms with Crippen LogP contribution in [-0.4, -0.2) is 143 Å². The number of nitrogens with one attached hydrogen (secondary N) is 7. The van der Waals surface area contributed by atoms with Gasteiger partial charge in [0.15, 0.2) is 46.5 Å². The molecule has 7 aromatic carbocycles. The molecule has 590 valence electrons. The van der Waals surface area contributed by atoms with Gasteiger partial charge in [0, 0.05) is 135 Å². The van der Waals surface area contributed by atoms with Gasteiger partial charge in [0.2, 0.25) is 0 Å². The Balaban J connectivity index is 0.000000260. The van der Waals surface area contributed by atoms with Crippen LogP contribution < -0.4 is 50.4 Å². The third-order valence-corrected chi connectivity index (χ3v) is 25.8. The van der Waals surface area contributed by atoms with Gasteiger partial charge in [0.25, 0.3) is 0 Å². The van der Waals surface area contributed by atoms with E-state index in [0.29, 0.717) is 38.4 Å². The zero-order chi connectivity index (χ0) is 79.7. The van der Waals surface area contributed by atoms with Crippen molar-refractivity contribution in [3.63, 3.8) is 0 Å². The van der Waals surface area contributed by atoms with Crippen LogP contribution in [0, 0.1) is 21.6 Å². The number of thioether (sulfide) groups is 10. The fourth-order valence-corrected chi connectivity index (χ4v) is 17.8. The van der Waals surface area contributed by atoms with Crippen molar-refractivity contribution in [2.75, 3.05) is 81.9 Å². The first kappa shape index (κ1) is 94.2. The minimum Gasteiger partial charge on any atom is -0.379 e. The Hall–Kier alpha value is -6.37. The van der Waals surface area contributed by atoms with Crippen molar-refractivity contribution in [2.45, 2.75) is 76.8 Å². The molecule has 0 amide bonds. The van der Waals surface area contributed by atoms with E-state index < -0.39 is 0 Å². The Morgan fingerprint density at radius 3 is 1.19 bits per heavy atom. The SMILES string of the molecule is CN=C(N)SCc1ccccc1CSC(N)=NC.CN=C(NC)SCc1ccccc1CSC(=NC)NC.N=C(N)SCc1ccc(Br)cc1CSC(=N)N.N=C(N)SCc1ccc(Cl)cc1CSC(=N)N.c1ccc(CCN2CCC(SCc3ccccc3CSC3=NCN(CCc4ccccc4)CN3)=NC2)cc1. The van der Waals surface area contributed by atoms with Crippen LogP contribution >= 0.6 is 145 Å². The van der Waals surface area contributed by atoms with Crippen LogP contribution in [0.4, 0.5) is 0 Å². The van der Waals surface area contributed by atoms with Crippen molar-refractivity contribution in [3.8, 4) is 0 Å². The van der Waals surface area contributed by atoms with Crippen molar-refractivity contribution in [1.82, 2.24) is 25.8 Å². The first-order valence-corrected chi connectivity index (χ1v) is 45.7. The molecule has 21 nitrogen and oxygen atoms in total. The Kier molecular flexibility index (Phi) is 47.9. The van der Waals surface area contributed by atoms with Crippen molar-refractivity contribution < 1.29 is 0 Å². The maximum absolute atomic E-state index is 7.21. The van der Waals surface area contributed by atoms with E-state index in [2.05, 4.69) is 183 Å². The van der Waals surface area contributed by atoms with E-state index in [1.165, 1.54) is 96.6 Å². The summed E-state index contributed by atoms with van der Waals surface area (Å²) in [5, 5.41) is 45.0. The fraction of sp³-hybridized carbons (Fsp3) is 0.325. The lowest BCUT2D eigenvalue weighted by Gasteiger charge is -2.26. The molecule has 0 unspecified atom stereocenters. The second kappa shape index (κ2) is 56.0. The summed E-state index contributed by atoms with van der Waals surface area (Å²) in [5.41, 5.74) is 47.7. The number of nitrogens with two attached hydrogens (primary N) is 6. The van der Waals surface area contributed by atoms with Gasteiger partial charge in [-0.25, -0.2) is 4.99 Å². The molecule has 0 aliphatic carbocycles. The maximum atomic E-state index is 7.21. The molecule has 0 radical (unpaired) electrons. The zero-order valence-electron chi connectivity index (χ0n) is 63.0. The summed E-state index contributed by atoms with van der Waals surface area (Å²) in [5.74, 6) is 7.94.